The molecule has 2 rings (SSSR count). The van der Waals surface area contributed by atoms with Gasteiger partial charge in [-0.25, -0.2) is 18.0 Å². The molecular weight excluding hydrogens is 464 g/mol. The number of ether oxygens (including phenoxy) is 3. The van der Waals surface area contributed by atoms with Gasteiger partial charge in [-0.3, -0.25) is 4.79 Å². The monoisotopic (exact) mass is 494 g/mol. The molecular formula is C23H30N2O8S. The second-order valence-corrected chi connectivity index (χ2v) is 9.39. The Morgan fingerprint density at radius 2 is 1.68 bits per heavy atom. The number of H-pyrrole nitrogens is 1. The lowest BCUT2D eigenvalue weighted by Crippen LogP contribution is -2.31. The zero-order valence-electron chi connectivity index (χ0n) is 20.3. The number of aryl methyl sites for hydroxylation is 1. The molecule has 0 aliphatic heterocycles. The number of benzene rings is 1. The molecule has 2 aromatic rings. The quantitative estimate of drug-likeness (QED) is 0.394. The Morgan fingerprint density at radius 3 is 2.21 bits per heavy atom. The van der Waals surface area contributed by atoms with E-state index in [4.69, 9.17) is 14.2 Å². The molecule has 186 valence electrons. The standard InChI is InChI=1S/C23H30N2O8S/c1-8-25(9-2)34(29,30)18-12-16(10-11-17(18)31-6)22(27)33-15(5)21(26)20-13(3)19(14(4)24-20)23(28)32-7/h10-12,15,24H,8-9H2,1-7H3. The number of hydrogen-bond acceptors (Lipinski definition) is 8. The summed E-state index contributed by atoms with van der Waals surface area (Å²) in [4.78, 5) is 40.4. The Morgan fingerprint density at radius 1 is 1.06 bits per heavy atom. The van der Waals surface area contributed by atoms with Crippen LogP contribution >= 0.6 is 0 Å². The van der Waals surface area contributed by atoms with Gasteiger partial charge in [0.25, 0.3) is 0 Å². The fourth-order valence-corrected chi connectivity index (χ4v) is 5.24. The van der Waals surface area contributed by atoms with E-state index in [9.17, 15) is 22.8 Å². The second kappa shape index (κ2) is 10.8. The number of carbonyl (C=O) groups is 3. The zero-order chi connectivity index (χ0) is 25.8. The number of esters is 2. The smallest absolute Gasteiger partial charge is 0.339 e. The van der Waals surface area contributed by atoms with Crippen molar-refractivity contribution < 1.29 is 37.0 Å². The lowest BCUT2D eigenvalue weighted by molar-refractivity contribution is 0.0316. The maximum atomic E-state index is 13.0. The number of nitrogens with one attached hydrogen (secondary N) is 1. The van der Waals surface area contributed by atoms with Gasteiger partial charge in [0.2, 0.25) is 15.8 Å². The second-order valence-electron chi connectivity index (χ2n) is 7.48. The minimum atomic E-state index is -3.92. The number of aromatic nitrogens is 1. The number of ketones is 1. The predicted molar refractivity (Wildman–Crippen MR) is 124 cm³/mol. The molecule has 0 radical (unpaired) electrons. The first-order valence-electron chi connectivity index (χ1n) is 10.6. The molecule has 0 fully saturated rings. The van der Waals surface area contributed by atoms with Gasteiger partial charge in [-0.05, 0) is 44.5 Å². The van der Waals surface area contributed by atoms with Crippen molar-refractivity contribution in [3.63, 3.8) is 0 Å². The molecule has 1 aromatic carbocycles. The summed E-state index contributed by atoms with van der Waals surface area (Å²) in [7, 11) is -1.35. The highest BCUT2D eigenvalue weighted by Crippen LogP contribution is 2.28. The number of Topliss-reactive ketones (excluding diaryl/α,β-unsaturated/α-hetero) is 1. The van der Waals surface area contributed by atoms with Gasteiger partial charge < -0.3 is 19.2 Å². The van der Waals surface area contributed by atoms with Gasteiger partial charge in [0.05, 0.1) is 31.0 Å². The molecule has 10 nitrogen and oxygen atoms in total. The lowest BCUT2D eigenvalue weighted by Gasteiger charge is -2.20. The molecule has 0 spiro atoms. The van der Waals surface area contributed by atoms with Gasteiger partial charge in [0, 0.05) is 18.8 Å². The Hall–Kier alpha value is -3.18. The largest absolute Gasteiger partial charge is 0.495 e. The Bertz CT molecular complexity index is 1200. The van der Waals surface area contributed by atoms with E-state index in [-0.39, 0.29) is 40.6 Å². The van der Waals surface area contributed by atoms with E-state index >= 15 is 0 Å². The molecule has 1 atom stereocenters. The van der Waals surface area contributed by atoms with Crippen LogP contribution < -0.4 is 4.74 Å². The first-order valence-corrected chi connectivity index (χ1v) is 12.1. The van der Waals surface area contributed by atoms with Crippen molar-refractivity contribution in [1.29, 1.82) is 0 Å². The van der Waals surface area contributed by atoms with Gasteiger partial charge in [0.1, 0.15) is 10.6 Å². The van der Waals surface area contributed by atoms with Crippen molar-refractivity contribution in [3.8, 4) is 5.75 Å². The third kappa shape index (κ3) is 5.15. The molecule has 0 saturated carbocycles. The van der Waals surface area contributed by atoms with Crippen molar-refractivity contribution >= 4 is 27.7 Å². The van der Waals surface area contributed by atoms with Crippen LogP contribution in [0.4, 0.5) is 0 Å². The Labute approximate surface area is 199 Å². The average molecular weight is 495 g/mol. The summed E-state index contributed by atoms with van der Waals surface area (Å²) in [5.74, 6) is -1.93. The van der Waals surface area contributed by atoms with Crippen LogP contribution in [0.5, 0.6) is 5.75 Å². The summed E-state index contributed by atoms with van der Waals surface area (Å²) in [5.41, 5.74) is 1.14. The van der Waals surface area contributed by atoms with Crippen molar-refractivity contribution in [2.24, 2.45) is 0 Å². The van der Waals surface area contributed by atoms with Crippen molar-refractivity contribution in [2.45, 2.75) is 45.6 Å². The normalized spacial score (nSPS) is 12.4. The van der Waals surface area contributed by atoms with E-state index in [1.54, 1.807) is 27.7 Å². The Balaban J connectivity index is 2.34. The van der Waals surface area contributed by atoms with Gasteiger partial charge in [-0.2, -0.15) is 4.31 Å². The molecule has 0 bridgehead atoms. The molecule has 1 N–H and O–H groups in total. The molecule has 1 unspecified atom stereocenters. The molecule has 34 heavy (non-hydrogen) atoms. The van der Waals surface area contributed by atoms with E-state index in [0.717, 1.165) is 0 Å². The number of sulfonamides is 1. The summed E-state index contributed by atoms with van der Waals surface area (Å²) in [6.45, 7) is 8.50. The lowest BCUT2D eigenvalue weighted by atomic mass is 10.1. The fraction of sp³-hybridized carbons (Fsp3) is 0.435. The van der Waals surface area contributed by atoms with Crippen molar-refractivity contribution in [3.05, 3.63) is 46.3 Å². The maximum absolute atomic E-state index is 13.0. The first-order chi connectivity index (χ1) is 15.9. The number of hydrogen-bond donors (Lipinski definition) is 1. The van der Waals surface area contributed by atoms with E-state index < -0.39 is 33.8 Å². The van der Waals surface area contributed by atoms with E-state index in [1.165, 1.54) is 43.6 Å². The van der Waals surface area contributed by atoms with Gasteiger partial charge in [-0.1, -0.05) is 13.8 Å². The molecule has 0 saturated heterocycles. The Kier molecular flexibility index (Phi) is 8.62. The number of aromatic amines is 1. The van der Waals surface area contributed by atoms with Crippen LogP contribution in [0.25, 0.3) is 0 Å². The molecule has 11 heteroatoms. The van der Waals surface area contributed by atoms with Crippen molar-refractivity contribution in [2.75, 3.05) is 27.3 Å². The molecule has 0 amide bonds. The van der Waals surface area contributed by atoms with Crippen LogP contribution in [-0.4, -0.2) is 68.8 Å². The third-order valence-corrected chi connectivity index (χ3v) is 7.52. The number of methoxy groups -OCH3 is 2. The van der Waals surface area contributed by atoms with Gasteiger partial charge in [-0.15, -0.1) is 0 Å². The van der Waals surface area contributed by atoms with E-state index in [1.807, 2.05) is 0 Å². The minimum absolute atomic E-state index is 0.0548. The van der Waals surface area contributed by atoms with Crippen LogP contribution in [0, 0.1) is 13.8 Å². The topological polar surface area (TPSA) is 132 Å². The highest BCUT2D eigenvalue weighted by atomic mass is 32.2. The molecule has 0 aliphatic carbocycles. The minimum Gasteiger partial charge on any atom is -0.495 e. The number of carbonyl (C=O) groups excluding carboxylic acids is 3. The summed E-state index contributed by atoms with van der Waals surface area (Å²) < 4.78 is 42.5. The third-order valence-electron chi connectivity index (χ3n) is 5.45. The molecule has 0 aliphatic rings. The first kappa shape index (κ1) is 27.1. The summed E-state index contributed by atoms with van der Waals surface area (Å²) in [6.07, 6.45) is -1.21. The molecule has 1 aromatic heterocycles. The number of rotatable bonds is 10. The van der Waals surface area contributed by atoms with E-state index in [2.05, 4.69) is 4.98 Å². The summed E-state index contributed by atoms with van der Waals surface area (Å²) in [6, 6.07) is 3.89. The summed E-state index contributed by atoms with van der Waals surface area (Å²) in [5, 5.41) is 0. The predicted octanol–water partition coefficient (Wildman–Crippen LogP) is 2.89. The van der Waals surface area contributed by atoms with Crippen LogP contribution in [0.15, 0.2) is 23.1 Å². The van der Waals surface area contributed by atoms with E-state index in [0.29, 0.717) is 11.3 Å². The van der Waals surface area contributed by atoms with Crippen LogP contribution in [-0.2, 0) is 19.5 Å². The highest BCUT2D eigenvalue weighted by molar-refractivity contribution is 7.89. The summed E-state index contributed by atoms with van der Waals surface area (Å²) >= 11 is 0. The molecule has 1 heterocycles. The maximum Gasteiger partial charge on any atom is 0.339 e. The van der Waals surface area contributed by atoms with Crippen molar-refractivity contribution in [1.82, 2.24) is 9.29 Å². The van der Waals surface area contributed by atoms with Gasteiger partial charge >= 0.3 is 11.9 Å². The zero-order valence-corrected chi connectivity index (χ0v) is 21.2. The SMILES string of the molecule is CCN(CC)S(=O)(=O)c1cc(C(=O)OC(C)C(=O)c2[nH]c(C)c(C(=O)OC)c2C)ccc1OC. The highest BCUT2D eigenvalue weighted by Gasteiger charge is 2.30. The number of nitrogens with zero attached hydrogens (tertiary/aromatic N) is 1. The van der Waals surface area contributed by atoms with Gasteiger partial charge in [0.15, 0.2) is 6.10 Å². The van der Waals surface area contributed by atoms with Crippen LogP contribution in [0.2, 0.25) is 0 Å². The fourth-order valence-electron chi connectivity index (χ4n) is 3.60. The van der Waals surface area contributed by atoms with Crippen LogP contribution in [0.1, 0.15) is 63.2 Å². The van der Waals surface area contributed by atoms with Crippen LogP contribution in [0.3, 0.4) is 0 Å². The average Bonchev–Trinajstić information content (AvgIpc) is 3.11.